The van der Waals surface area contributed by atoms with Crippen LogP contribution in [0.25, 0.3) is 0 Å². The van der Waals surface area contributed by atoms with Gasteiger partial charge in [0.25, 0.3) is 5.91 Å². The molecular weight excluding hydrogens is 284 g/mol. The van der Waals surface area contributed by atoms with Crippen molar-refractivity contribution < 1.29 is 22.7 Å². The van der Waals surface area contributed by atoms with E-state index in [-0.39, 0.29) is 23.6 Å². The average molecular weight is 302 g/mol. The van der Waals surface area contributed by atoms with Gasteiger partial charge >= 0.3 is 0 Å². The maximum atomic E-state index is 12.0. The van der Waals surface area contributed by atoms with Crippen molar-refractivity contribution in [2.24, 2.45) is 0 Å². The molecule has 0 aliphatic rings. The van der Waals surface area contributed by atoms with E-state index in [0.29, 0.717) is 5.75 Å². The van der Waals surface area contributed by atoms with Crippen LogP contribution >= 0.6 is 0 Å². The van der Waals surface area contributed by atoms with Gasteiger partial charge in [-0.2, -0.15) is 0 Å². The summed E-state index contributed by atoms with van der Waals surface area (Å²) < 4.78 is 36.3. The van der Waals surface area contributed by atoms with E-state index in [2.05, 4.69) is 10.0 Å². The van der Waals surface area contributed by atoms with Crippen molar-refractivity contribution >= 4 is 15.9 Å². The van der Waals surface area contributed by atoms with Crippen molar-refractivity contribution in [3.8, 4) is 5.75 Å². The minimum absolute atomic E-state index is 0.00648. The Bertz CT molecular complexity index is 571. The molecule has 0 spiro atoms. The Morgan fingerprint density at radius 2 is 2.00 bits per heavy atom. The van der Waals surface area contributed by atoms with Crippen LogP contribution in [-0.2, 0) is 14.8 Å². The fourth-order valence-corrected chi connectivity index (χ4v) is 2.57. The zero-order valence-corrected chi connectivity index (χ0v) is 12.4. The molecule has 1 aromatic carbocycles. The molecule has 0 saturated heterocycles. The number of sulfonamides is 1. The number of nitrogens with one attached hydrogen (secondary N) is 2. The maximum absolute atomic E-state index is 12.0. The molecule has 0 radical (unpaired) electrons. The van der Waals surface area contributed by atoms with Gasteiger partial charge in [-0.25, -0.2) is 13.1 Å². The van der Waals surface area contributed by atoms with Gasteiger partial charge in [0, 0.05) is 20.7 Å². The molecule has 0 bridgehead atoms. The Balaban J connectivity index is 3.10. The van der Waals surface area contributed by atoms with Crippen LogP contribution in [-0.4, -0.2) is 48.7 Å². The van der Waals surface area contributed by atoms with Gasteiger partial charge in [0.1, 0.15) is 5.75 Å². The number of carbonyl (C=O) groups excluding carboxylic acids is 1. The molecule has 8 heteroatoms. The second kappa shape index (κ2) is 7.22. The lowest BCUT2D eigenvalue weighted by Crippen LogP contribution is -2.27. The van der Waals surface area contributed by atoms with Gasteiger partial charge in [0.2, 0.25) is 10.0 Å². The zero-order valence-electron chi connectivity index (χ0n) is 11.6. The van der Waals surface area contributed by atoms with Crippen molar-refractivity contribution in [2.45, 2.75) is 4.90 Å². The van der Waals surface area contributed by atoms with Gasteiger partial charge in [-0.05, 0) is 18.2 Å². The molecule has 1 aromatic rings. The lowest BCUT2D eigenvalue weighted by Gasteiger charge is -2.11. The van der Waals surface area contributed by atoms with Gasteiger partial charge in [0.15, 0.2) is 0 Å². The monoisotopic (exact) mass is 302 g/mol. The third-order valence-electron chi connectivity index (χ3n) is 2.55. The van der Waals surface area contributed by atoms with Gasteiger partial charge in [-0.15, -0.1) is 0 Å². The molecule has 1 amide bonds. The number of hydrogen-bond acceptors (Lipinski definition) is 5. The molecule has 112 valence electrons. The molecule has 7 nitrogen and oxygen atoms in total. The van der Waals surface area contributed by atoms with Crippen LogP contribution in [0.4, 0.5) is 0 Å². The first-order valence-corrected chi connectivity index (χ1v) is 7.33. The Labute approximate surface area is 118 Å². The first kappa shape index (κ1) is 16.4. The summed E-state index contributed by atoms with van der Waals surface area (Å²) in [4.78, 5) is 11.7. The summed E-state index contributed by atoms with van der Waals surface area (Å²) in [5.74, 6) is -0.115. The highest BCUT2D eigenvalue weighted by molar-refractivity contribution is 7.89. The van der Waals surface area contributed by atoms with E-state index in [1.54, 1.807) is 0 Å². The Hall–Kier alpha value is -1.64. The van der Waals surface area contributed by atoms with Gasteiger partial charge in [-0.1, -0.05) is 0 Å². The fraction of sp³-hybridized carbons (Fsp3) is 0.417. The van der Waals surface area contributed by atoms with E-state index in [9.17, 15) is 13.2 Å². The van der Waals surface area contributed by atoms with E-state index < -0.39 is 15.9 Å². The topological polar surface area (TPSA) is 93.7 Å². The predicted molar refractivity (Wildman–Crippen MR) is 73.4 cm³/mol. The number of carbonyl (C=O) groups is 1. The standard InChI is InChI=1S/C12H18N2O5S/c1-13-12(15)10-8-9(4-5-11(10)19-3)20(16,17)14-6-7-18-2/h4-5,8,14H,6-7H2,1-3H3,(H,13,15). The largest absolute Gasteiger partial charge is 0.496 e. The first-order valence-electron chi connectivity index (χ1n) is 5.85. The van der Waals surface area contributed by atoms with Crippen molar-refractivity contribution in [1.82, 2.24) is 10.0 Å². The van der Waals surface area contributed by atoms with Crippen molar-refractivity contribution in [3.63, 3.8) is 0 Å². The van der Waals surface area contributed by atoms with Crippen LogP contribution in [0.5, 0.6) is 5.75 Å². The molecule has 0 aliphatic carbocycles. The van der Waals surface area contributed by atoms with Crippen LogP contribution < -0.4 is 14.8 Å². The highest BCUT2D eigenvalue weighted by Gasteiger charge is 2.18. The number of hydrogen-bond donors (Lipinski definition) is 2. The third-order valence-corrected chi connectivity index (χ3v) is 4.01. The summed E-state index contributed by atoms with van der Waals surface area (Å²) in [6, 6.07) is 4.09. The molecule has 0 atom stereocenters. The van der Waals surface area contributed by atoms with Crippen molar-refractivity contribution in [3.05, 3.63) is 23.8 Å². The SMILES string of the molecule is CNC(=O)c1cc(S(=O)(=O)NCCOC)ccc1OC. The first-order chi connectivity index (χ1) is 9.46. The van der Waals surface area contributed by atoms with Crippen LogP contribution in [0.15, 0.2) is 23.1 Å². The van der Waals surface area contributed by atoms with Crippen molar-refractivity contribution in [2.75, 3.05) is 34.4 Å². The fourth-order valence-electron chi connectivity index (χ4n) is 1.53. The summed E-state index contributed by atoms with van der Waals surface area (Å²) in [6.07, 6.45) is 0. The van der Waals surface area contributed by atoms with Gasteiger partial charge in [0.05, 0.1) is 24.2 Å². The molecule has 0 fully saturated rings. The van der Waals surface area contributed by atoms with E-state index in [1.165, 1.54) is 39.5 Å². The van der Waals surface area contributed by atoms with Gasteiger partial charge < -0.3 is 14.8 Å². The Morgan fingerprint density at radius 3 is 2.55 bits per heavy atom. The number of amides is 1. The summed E-state index contributed by atoms with van der Waals surface area (Å²) in [5.41, 5.74) is 0.157. The number of methoxy groups -OCH3 is 2. The zero-order chi connectivity index (χ0) is 15.2. The average Bonchev–Trinajstić information content (AvgIpc) is 2.45. The lowest BCUT2D eigenvalue weighted by atomic mass is 10.2. The van der Waals surface area contributed by atoms with E-state index in [4.69, 9.17) is 9.47 Å². The predicted octanol–water partition coefficient (Wildman–Crippen LogP) is -0.0205. The Kier molecular flexibility index (Phi) is 5.93. The normalized spacial score (nSPS) is 11.2. The van der Waals surface area contributed by atoms with Crippen LogP contribution in [0, 0.1) is 0 Å². The number of benzene rings is 1. The van der Waals surface area contributed by atoms with E-state index in [1.807, 2.05) is 0 Å². The van der Waals surface area contributed by atoms with Crippen LogP contribution in [0.2, 0.25) is 0 Å². The minimum Gasteiger partial charge on any atom is -0.496 e. The Morgan fingerprint density at radius 1 is 1.30 bits per heavy atom. The summed E-state index contributed by atoms with van der Waals surface area (Å²) in [5, 5.41) is 2.43. The summed E-state index contributed by atoms with van der Waals surface area (Å²) >= 11 is 0. The lowest BCUT2D eigenvalue weighted by molar-refractivity contribution is 0.0960. The molecule has 0 heterocycles. The highest BCUT2D eigenvalue weighted by atomic mass is 32.2. The summed E-state index contributed by atoms with van der Waals surface area (Å²) in [6.45, 7) is 0.415. The molecule has 2 N–H and O–H groups in total. The molecule has 1 rings (SSSR count). The molecule has 20 heavy (non-hydrogen) atoms. The molecule has 0 unspecified atom stereocenters. The molecule has 0 aromatic heterocycles. The minimum atomic E-state index is -3.69. The van der Waals surface area contributed by atoms with Crippen molar-refractivity contribution in [1.29, 1.82) is 0 Å². The number of ether oxygens (including phenoxy) is 2. The number of rotatable bonds is 7. The molecular formula is C12H18N2O5S. The smallest absolute Gasteiger partial charge is 0.254 e. The highest BCUT2D eigenvalue weighted by Crippen LogP contribution is 2.22. The van der Waals surface area contributed by atoms with Crippen LogP contribution in [0.1, 0.15) is 10.4 Å². The maximum Gasteiger partial charge on any atom is 0.254 e. The van der Waals surface area contributed by atoms with Gasteiger partial charge in [-0.3, -0.25) is 4.79 Å². The van der Waals surface area contributed by atoms with E-state index in [0.717, 1.165) is 0 Å². The second-order valence-electron chi connectivity index (χ2n) is 3.83. The quantitative estimate of drug-likeness (QED) is 0.690. The van der Waals surface area contributed by atoms with E-state index >= 15 is 0 Å². The second-order valence-corrected chi connectivity index (χ2v) is 5.60. The third kappa shape index (κ3) is 3.92. The summed E-state index contributed by atoms with van der Waals surface area (Å²) in [7, 11) is 0.658. The molecule has 0 aliphatic heterocycles. The molecule has 0 saturated carbocycles. The van der Waals surface area contributed by atoms with Crippen LogP contribution in [0.3, 0.4) is 0 Å².